The molecule has 9 aromatic rings. The van der Waals surface area contributed by atoms with Crippen LogP contribution in [-0.2, 0) is 20.1 Å². The SMILES string of the molecule is Cc1ccc(-c2[c-]cc3c(c2)c2cc(-c4ccccc4)cc4c5ccccc5n3c24)nc1.[Ir].[c-]1ccccc1-c1ccccn1. The second-order valence-electron chi connectivity index (χ2n) is 11.0. The van der Waals surface area contributed by atoms with Crippen molar-refractivity contribution in [2.75, 3.05) is 0 Å². The second-order valence-corrected chi connectivity index (χ2v) is 11.0. The molecule has 0 N–H and O–H groups in total. The van der Waals surface area contributed by atoms with Crippen LogP contribution in [0.3, 0.4) is 0 Å². The molecule has 0 saturated carbocycles. The van der Waals surface area contributed by atoms with Crippen LogP contribution < -0.4 is 0 Å². The molecule has 0 spiro atoms. The third kappa shape index (κ3) is 5.19. The Morgan fingerprint density at radius 3 is 2.07 bits per heavy atom. The number of hydrogen-bond acceptors (Lipinski definition) is 2. The van der Waals surface area contributed by atoms with Crippen molar-refractivity contribution in [1.82, 2.24) is 14.4 Å². The van der Waals surface area contributed by atoms with E-state index in [2.05, 4.69) is 124 Å². The van der Waals surface area contributed by atoms with Crippen LogP contribution in [0.15, 0.2) is 146 Å². The first-order chi connectivity index (χ1) is 21.7. The number of fused-ring (bicyclic) bond motifs is 6. The zero-order valence-corrected chi connectivity index (χ0v) is 26.9. The van der Waals surface area contributed by atoms with E-state index in [0.29, 0.717) is 0 Å². The largest absolute Gasteiger partial charge is 0.350 e. The average Bonchev–Trinajstić information content (AvgIpc) is 3.61. The molecular formula is C41H27IrN3-2. The average molecular weight is 754 g/mol. The summed E-state index contributed by atoms with van der Waals surface area (Å²) in [6, 6.07) is 52.9. The van der Waals surface area contributed by atoms with Gasteiger partial charge in [0, 0.05) is 48.8 Å². The van der Waals surface area contributed by atoms with Gasteiger partial charge in [-0.2, -0.15) is 0 Å². The topological polar surface area (TPSA) is 30.2 Å². The fourth-order valence-electron chi connectivity index (χ4n) is 6.08. The van der Waals surface area contributed by atoms with Gasteiger partial charge in [-0.05, 0) is 70.2 Å². The van der Waals surface area contributed by atoms with Crippen LogP contribution in [0.2, 0.25) is 0 Å². The van der Waals surface area contributed by atoms with Crippen molar-refractivity contribution in [3.63, 3.8) is 0 Å². The zero-order chi connectivity index (χ0) is 29.5. The smallest absolute Gasteiger partial charge is 0.0517 e. The van der Waals surface area contributed by atoms with Crippen LogP contribution >= 0.6 is 0 Å². The minimum absolute atomic E-state index is 0. The maximum Gasteiger partial charge on any atom is 0.0517 e. The summed E-state index contributed by atoms with van der Waals surface area (Å²) in [5.41, 5.74) is 11.3. The maximum absolute atomic E-state index is 4.64. The molecule has 4 aromatic heterocycles. The van der Waals surface area contributed by atoms with Gasteiger partial charge < -0.3 is 14.4 Å². The van der Waals surface area contributed by atoms with Gasteiger partial charge >= 0.3 is 0 Å². The predicted molar refractivity (Wildman–Crippen MR) is 182 cm³/mol. The van der Waals surface area contributed by atoms with Crippen molar-refractivity contribution in [3.8, 4) is 33.6 Å². The molecule has 217 valence electrons. The minimum atomic E-state index is 0. The van der Waals surface area contributed by atoms with Crippen molar-refractivity contribution < 1.29 is 20.1 Å². The third-order valence-electron chi connectivity index (χ3n) is 8.17. The molecular weight excluding hydrogens is 727 g/mol. The first-order valence-electron chi connectivity index (χ1n) is 14.7. The van der Waals surface area contributed by atoms with E-state index < -0.39 is 0 Å². The Balaban J connectivity index is 0.000000211. The Morgan fingerprint density at radius 2 is 1.31 bits per heavy atom. The van der Waals surface area contributed by atoms with Gasteiger partial charge in [-0.15, -0.1) is 59.7 Å². The molecule has 0 saturated heterocycles. The number of pyridine rings is 2. The fourth-order valence-corrected chi connectivity index (χ4v) is 6.08. The first kappa shape index (κ1) is 28.6. The number of para-hydroxylation sites is 1. The zero-order valence-electron chi connectivity index (χ0n) is 24.5. The Labute approximate surface area is 275 Å². The van der Waals surface area contributed by atoms with Gasteiger partial charge in [0.15, 0.2) is 0 Å². The van der Waals surface area contributed by atoms with Crippen LogP contribution in [0.5, 0.6) is 0 Å². The van der Waals surface area contributed by atoms with E-state index in [-0.39, 0.29) is 20.1 Å². The molecule has 0 atom stereocenters. The van der Waals surface area contributed by atoms with Crippen molar-refractivity contribution >= 4 is 38.1 Å². The normalized spacial score (nSPS) is 11.0. The van der Waals surface area contributed by atoms with Crippen LogP contribution in [-0.4, -0.2) is 14.4 Å². The molecule has 4 heteroatoms. The van der Waals surface area contributed by atoms with Gasteiger partial charge in [0.05, 0.1) is 5.52 Å². The van der Waals surface area contributed by atoms with Gasteiger partial charge in [0.1, 0.15) is 0 Å². The third-order valence-corrected chi connectivity index (χ3v) is 8.17. The number of aromatic nitrogens is 3. The molecule has 0 bridgehead atoms. The molecule has 0 fully saturated rings. The minimum Gasteiger partial charge on any atom is -0.350 e. The Bertz CT molecular complexity index is 2330. The molecule has 0 unspecified atom stereocenters. The summed E-state index contributed by atoms with van der Waals surface area (Å²) in [5, 5.41) is 5.10. The molecule has 0 aliphatic carbocycles. The second kappa shape index (κ2) is 12.1. The Kier molecular flexibility index (Phi) is 7.69. The summed E-state index contributed by atoms with van der Waals surface area (Å²) in [6.07, 6.45) is 3.71. The molecule has 4 heterocycles. The predicted octanol–water partition coefficient (Wildman–Crippen LogP) is 10.2. The van der Waals surface area contributed by atoms with Crippen molar-refractivity contribution in [2.45, 2.75) is 6.92 Å². The van der Waals surface area contributed by atoms with Gasteiger partial charge in [0.2, 0.25) is 0 Å². The van der Waals surface area contributed by atoms with Crippen LogP contribution in [0.25, 0.3) is 71.7 Å². The van der Waals surface area contributed by atoms with Gasteiger partial charge in [-0.1, -0.05) is 78.2 Å². The summed E-state index contributed by atoms with van der Waals surface area (Å²) in [7, 11) is 0. The van der Waals surface area contributed by atoms with E-state index in [9.17, 15) is 0 Å². The molecule has 0 aliphatic heterocycles. The molecule has 0 amide bonds. The Morgan fingerprint density at radius 1 is 0.556 bits per heavy atom. The van der Waals surface area contributed by atoms with Crippen LogP contribution in [0, 0.1) is 19.1 Å². The monoisotopic (exact) mass is 754 g/mol. The summed E-state index contributed by atoms with van der Waals surface area (Å²) in [6.45, 7) is 2.06. The number of rotatable bonds is 3. The molecule has 1 radical (unpaired) electrons. The molecule has 45 heavy (non-hydrogen) atoms. The summed E-state index contributed by atoms with van der Waals surface area (Å²) in [5.74, 6) is 0. The van der Waals surface area contributed by atoms with Gasteiger partial charge in [-0.3, -0.25) is 0 Å². The summed E-state index contributed by atoms with van der Waals surface area (Å²) >= 11 is 0. The number of nitrogens with zero attached hydrogens (tertiary/aromatic N) is 3. The molecule has 3 nitrogen and oxygen atoms in total. The standard InChI is InChI=1S/C30H19N2.C11H8N.Ir/c1-19-11-13-27(31-18-19)21-12-14-29-24(15-21)26-17-22(20-7-3-2-4-8-20)16-25-23-9-5-6-10-28(23)32(29)30(25)26;1-2-6-10(7-3-1)11-8-4-5-9-12-11;/h2-11,13-18H,1H3;1-6,8-9H;/q2*-1;. The van der Waals surface area contributed by atoms with Crippen LogP contribution in [0.1, 0.15) is 5.56 Å². The number of benzene rings is 5. The first-order valence-corrected chi connectivity index (χ1v) is 14.7. The van der Waals surface area contributed by atoms with E-state index in [1.807, 2.05) is 48.7 Å². The quantitative estimate of drug-likeness (QED) is 0.168. The van der Waals surface area contributed by atoms with Gasteiger partial charge in [0.25, 0.3) is 0 Å². The van der Waals surface area contributed by atoms with E-state index in [0.717, 1.165) is 28.1 Å². The van der Waals surface area contributed by atoms with E-state index >= 15 is 0 Å². The maximum atomic E-state index is 4.64. The fraction of sp³-hybridized carbons (Fsp3) is 0.0244. The summed E-state index contributed by atoms with van der Waals surface area (Å²) in [4.78, 5) is 8.85. The van der Waals surface area contributed by atoms with E-state index in [4.69, 9.17) is 0 Å². The van der Waals surface area contributed by atoms with Gasteiger partial charge in [-0.25, -0.2) is 0 Å². The molecule has 5 aromatic carbocycles. The van der Waals surface area contributed by atoms with E-state index in [1.165, 1.54) is 49.2 Å². The summed E-state index contributed by atoms with van der Waals surface area (Å²) < 4.78 is 2.40. The van der Waals surface area contributed by atoms with Crippen molar-refractivity contribution in [3.05, 3.63) is 164 Å². The van der Waals surface area contributed by atoms with Crippen molar-refractivity contribution in [2.24, 2.45) is 0 Å². The molecule has 0 aliphatic rings. The van der Waals surface area contributed by atoms with Crippen molar-refractivity contribution in [1.29, 1.82) is 0 Å². The Hall–Kier alpha value is -5.15. The molecule has 9 rings (SSSR count). The van der Waals surface area contributed by atoms with Crippen LogP contribution in [0.4, 0.5) is 0 Å². The van der Waals surface area contributed by atoms with E-state index in [1.54, 1.807) is 6.20 Å². The number of hydrogen-bond donors (Lipinski definition) is 0. The number of aryl methyl sites for hydroxylation is 1.